The predicted octanol–water partition coefficient (Wildman–Crippen LogP) is 2.58. The summed E-state index contributed by atoms with van der Waals surface area (Å²) in [7, 11) is 0. The number of para-hydroxylation sites is 1. The number of H-pyrrole nitrogens is 1. The van der Waals surface area contributed by atoms with Crippen molar-refractivity contribution < 1.29 is 4.79 Å². The van der Waals surface area contributed by atoms with Crippen LogP contribution < -0.4 is 10.9 Å². The van der Waals surface area contributed by atoms with Crippen LogP contribution in [0.25, 0.3) is 0 Å². The summed E-state index contributed by atoms with van der Waals surface area (Å²) in [6.45, 7) is 2.09. The fraction of sp³-hybridized carbons (Fsp3) is 0.200. The highest BCUT2D eigenvalue weighted by atomic mass is 16.2. The molecule has 4 heteroatoms. The molecule has 0 aliphatic rings. The van der Waals surface area contributed by atoms with Crippen molar-refractivity contribution >= 4 is 11.6 Å². The predicted molar refractivity (Wildman–Crippen MR) is 75.5 cm³/mol. The van der Waals surface area contributed by atoms with Gasteiger partial charge in [0.2, 0.25) is 5.56 Å². The zero-order valence-electron chi connectivity index (χ0n) is 10.8. The number of benzene rings is 1. The summed E-state index contributed by atoms with van der Waals surface area (Å²) in [5.41, 5.74) is 1.97. The third kappa shape index (κ3) is 3.31. The van der Waals surface area contributed by atoms with Gasteiger partial charge in [-0.25, -0.2) is 0 Å². The molecule has 98 valence electrons. The van der Waals surface area contributed by atoms with E-state index in [4.69, 9.17) is 0 Å². The van der Waals surface area contributed by atoms with E-state index in [2.05, 4.69) is 17.2 Å². The molecule has 0 bridgehead atoms. The van der Waals surface area contributed by atoms with Gasteiger partial charge in [-0.2, -0.15) is 0 Å². The standard InChI is InChI=1S/C15H16N2O2/c1-2-5-11-6-3-4-7-13(11)17-15(19)12-8-9-16-14(18)10-12/h3-4,6-10H,2,5H2,1H3,(H,16,18)(H,17,19). The van der Waals surface area contributed by atoms with Crippen molar-refractivity contribution in [3.63, 3.8) is 0 Å². The summed E-state index contributed by atoms with van der Waals surface area (Å²) in [4.78, 5) is 25.7. The van der Waals surface area contributed by atoms with Crippen molar-refractivity contribution in [1.29, 1.82) is 0 Å². The summed E-state index contributed by atoms with van der Waals surface area (Å²) in [6.07, 6.45) is 3.39. The molecule has 0 saturated heterocycles. The first-order chi connectivity index (χ1) is 9.20. The summed E-state index contributed by atoms with van der Waals surface area (Å²) in [5, 5.41) is 2.85. The molecule has 1 amide bonds. The fourth-order valence-corrected chi connectivity index (χ4v) is 1.91. The summed E-state index contributed by atoms with van der Waals surface area (Å²) < 4.78 is 0. The lowest BCUT2D eigenvalue weighted by atomic mass is 10.1. The Morgan fingerprint density at radius 2 is 2.05 bits per heavy atom. The number of aromatic nitrogens is 1. The lowest BCUT2D eigenvalue weighted by Gasteiger charge is -2.10. The molecule has 0 unspecified atom stereocenters. The second-order valence-corrected chi connectivity index (χ2v) is 4.30. The Morgan fingerprint density at radius 3 is 2.79 bits per heavy atom. The fourth-order valence-electron chi connectivity index (χ4n) is 1.91. The number of nitrogens with one attached hydrogen (secondary N) is 2. The number of aromatic amines is 1. The smallest absolute Gasteiger partial charge is 0.255 e. The minimum atomic E-state index is -0.283. The zero-order chi connectivity index (χ0) is 13.7. The maximum absolute atomic E-state index is 12.1. The molecule has 0 aliphatic heterocycles. The molecule has 0 atom stereocenters. The normalized spacial score (nSPS) is 10.2. The van der Waals surface area contributed by atoms with Crippen LogP contribution in [0.5, 0.6) is 0 Å². The number of pyridine rings is 1. The Balaban J connectivity index is 2.21. The van der Waals surface area contributed by atoms with Gasteiger partial charge in [0, 0.05) is 23.5 Å². The van der Waals surface area contributed by atoms with Gasteiger partial charge >= 0.3 is 0 Å². The van der Waals surface area contributed by atoms with Crippen molar-refractivity contribution in [2.24, 2.45) is 0 Å². The van der Waals surface area contributed by atoms with Crippen LogP contribution in [0.2, 0.25) is 0 Å². The van der Waals surface area contributed by atoms with Crippen LogP contribution in [-0.4, -0.2) is 10.9 Å². The molecule has 0 aliphatic carbocycles. The first-order valence-corrected chi connectivity index (χ1v) is 6.28. The van der Waals surface area contributed by atoms with Crippen LogP contribution in [-0.2, 0) is 6.42 Å². The molecule has 1 aromatic heterocycles. The van der Waals surface area contributed by atoms with E-state index >= 15 is 0 Å². The Kier molecular flexibility index (Phi) is 4.13. The van der Waals surface area contributed by atoms with E-state index in [9.17, 15) is 9.59 Å². The molecule has 1 heterocycles. The van der Waals surface area contributed by atoms with Crippen molar-refractivity contribution in [2.45, 2.75) is 19.8 Å². The number of hydrogen-bond acceptors (Lipinski definition) is 2. The molecule has 19 heavy (non-hydrogen) atoms. The number of hydrogen-bond donors (Lipinski definition) is 2. The molecule has 2 N–H and O–H groups in total. The quantitative estimate of drug-likeness (QED) is 0.883. The minimum absolute atomic E-state index is 0.269. The van der Waals surface area contributed by atoms with Gasteiger partial charge in [0.15, 0.2) is 0 Å². The first-order valence-electron chi connectivity index (χ1n) is 6.28. The van der Waals surface area contributed by atoms with Crippen LogP contribution in [0, 0.1) is 0 Å². The number of carbonyl (C=O) groups is 1. The highest BCUT2D eigenvalue weighted by molar-refractivity contribution is 6.04. The van der Waals surface area contributed by atoms with Crippen LogP contribution >= 0.6 is 0 Å². The third-order valence-electron chi connectivity index (χ3n) is 2.82. The summed E-state index contributed by atoms with van der Waals surface area (Å²) in [6, 6.07) is 10.6. The van der Waals surface area contributed by atoms with Crippen LogP contribution in [0.3, 0.4) is 0 Å². The van der Waals surface area contributed by atoms with Gasteiger partial charge in [-0.15, -0.1) is 0 Å². The van der Waals surface area contributed by atoms with Crippen molar-refractivity contribution in [1.82, 2.24) is 4.98 Å². The Bertz CT molecular complexity index is 632. The Labute approximate surface area is 111 Å². The highest BCUT2D eigenvalue weighted by Gasteiger charge is 2.08. The molecule has 2 aromatic rings. The largest absolute Gasteiger partial charge is 0.329 e. The van der Waals surface area contributed by atoms with E-state index in [1.165, 1.54) is 12.3 Å². The van der Waals surface area contributed by atoms with E-state index in [-0.39, 0.29) is 11.5 Å². The molecule has 0 saturated carbocycles. The lowest BCUT2D eigenvalue weighted by Crippen LogP contribution is -2.16. The van der Waals surface area contributed by atoms with E-state index in [1.54, 1.807) is 6.07 Å². The van der Waals surface area contributed by atoms with Crippen LogP contribution in [0.4, 0.5) is 5.69 Å². The minimum Gasteiger partial charge on any atom is -0.329 e. The monoisotopic (exact) mass is 256 g/mol. The van der Waals surface area contributed by atoms with Gasteiger partial charge in [0.25, 0.3) is 5.91 Å². The van der Waals surface area contributed by atoms with Crippen LogP contribution in [0.15, 0.2) is 47.4 Å². The Morgan fingerprint density at radius 1 is 1.26 bits per heavy atom. The third-order valence-corrected chi connectivity index (χ3v) is 2.82. The molecule has 0 radical (unpaired) electrons. The summed E-state index contributed by atoms with van der Waals surface area (Å²) in [5.74, 6) is -0.269. The van der Waals surface area contributed by atoms with Gasteiger partial charge in [-0.1, -0.05) is 31.5 Å². The topological polar surface area (TPSA) is 62.0 Å². The molecular weight excluding hydrogens is 240 g/mol. The molecule has 4 nitrogen and oxygen atoms in total. The average Bonchev–Trinajstić information content (AvgIpc) is 2.41. The van der Waals surface area contributed by atoms with E-state index < -0.39 is 0 Å². The molecule has 0 spiro atoms. The maximum atomic E-state index is 12.1. The summed E-state index contributed by atoms with van der Waals surface area (Å²) >= 11 is 0. The molecule has 2 rings (SSSR count). The van der Waals surface area contributed by atoms with E-state index in [0.29, 0.717) is 5.56 Å². The maximum Gasteiger partial charge on any atom is 0.255 e. The highest BCUT2D eigenvalue weighted by Crippen LogP contribution is 2.17. The van der Waals surface area contributed by atoms with Gasteiger partial charge in [0.1, 0.15) is 0 Å². The van der Waals surface area contributed by atoms with E-state index in [0.717, 1.165) is 24.1 Å². The SMILES string of the molecule is CCCc1ccccc1NC(=O)c1cc[nH]c(=O)c1. The zero-order valence-corrected chi connectivity index (χ0v) is 10.8. The molecule has 0 fully saturated rings. The van der Waals surface area contributed by atoms with Crippen molar-refractivity contribution in [2.75, 3.05) is 5.32 Å². The van der Waals surface area contributed by atoms with Gasteiger partial charge in [-0.05, 0) is 24.1 Å². The number of rotatable bonds is 4. The number of amides is 1. The van der Waals surface area contributed by atoms with Crippen LogP contribution in [0.1, 0.15) is 29.3 Å². The Hall–Kier alpha value is -2.36. The van der Waals surface area contributed by atoms with Gasteiger partial charge in [0.05, 0.1) is 0 Å². The molecular formula is C15H16N2O2. The van der Waals surface area contributed by atoms with Crippen molar-refractivity contribution in [3.05, 3.63) is 64.1 Å². The van der Waals surface area contributed by atoms with Crippen molar-refractivity contribution in [3.8, 4) is 0 Å². The average molecular weight is 256 g/mol. The molecule has 1 aromatic carbocycles. The number of aryl methyl sites for hydroxylation is 1. The van der Waals surface area contributed by atoms with E-state index in [1.807, 2.05) is 24.3 Å². The first kappa shape index (κ1) is 13.1. The lowest BCUT2D eigenvalue weighted by molar-refractivity contribution is 0.102. The van der Waals surface area contributed by atoms with Gasteiger partial charge in [-0.3, -0.25) is 9.59 Å². The number of anilines is 1. The van der Waals surface area contributed by atoms with Gasteiger partial charge < -0.3 is 10.3 Å². The number of carbonyl (C=O) groups excluding carboxylic acids is 1. The second-order valence-electron chi connectivity index (χ2n) is 4.30. The second kappa shape index (κ2) is 6.00.